The number of nitriles is 1. The van der Waals surface area contributed by atoms with Gasteiger partial charge in [-0.3, -0.25) is 0 Å². The van der Waals surface area contributed by atoms with Crippen LogP contribution in [0.2, 0.25) is 5.02 Å². The third-order valence-electron chi connectivity index (χ3n) is 3.96. The highest BCUT2D eigenvalue weighted by Crippen LogP contribution is 2.40. The molecule has 0 radical (unpaired) electrons. The third-order valence-corrected chi connectivity index (χ3v) is 5.18. The number of nitrogens with one attached hydrogen (secondary N) is 1. The molecular formula is C17H14BrClN2. The molecule has 1 N–H and O–H groups in total. The first-order chi connectivity index (χ1) is 10.0. The van der Waals surface area contributed by atoms with Gasteiger partial charge in [-0.15, -0.1) is 0 Å². The van der Waals surface area contributed by atoms with Gasteiger partial charge in [-0.05, 0) is 65.0 Å². The van der Waals surface area contributed by atoms with Crippen molar-refractivity contribution in [3.8, 4) is 6.07 Å². The van der Waals surface area contributed by atoms with Crippen LogP contribution in [-0.2, 0) is 12.0 Å². The molecule has 0 aliphatic heterocycles. The number of rotatable bonds is 2. The SMILES string of the molecule is Cc1ccc2c(c1)C(C#N)(Nc1ccc(Cl)c(Br)c1)CC2. The molecule has 0 saturated heterocycles. The molecule has 0 fully saturated rings. The molecule has 0 bridgehead atoms. The highest BCUT2D eigenvalue weighted by atomic mass is 79.9. The van der Waals surface area contributed by atoms with Crippen LogP contribution in [0.5, 0.6) is 0 Å². The van der Waals surface area contributed by atoms with Gasteiger partial charge in [-0.25, -0.2) is 0 Å². The fourth-order valence-electron chi connectivity index (χ4n) is 2.86. The zero-order valence-electron chi connectivity index (χ0n) is 11.6. The van der Waals surface area contributed by atoms with Crippen molar-refractivity contribution in [1.82, 2.24) is 0 Å². The van der Waals surface area contributed by atoms with Gasteiger partial charge in [0, 0.05) is 10.2 Å². The van der Waals surface area contributed by atoms with E-state index in [1.165, 1.54) is 11.1 Å². The topological polar surface area (TPSA) is 35.8 Å². The Labute approximate surface area is 137 Å². The molecule has 1 aliphatic carbocycles. The lowest BCUT2D eigenvalue weighted by atomic mass is 9.92. The van der Waals surface area contributed by atoms with Crippen LogP contribution in [0.1, 0.15) is 23.1 Å². The molecule has 4 heteroatoms. The average molecular weight is 362 g/mol. The molecule has 0 aromatic heterocycles. The Kier molecular flexibility index (Phi) is 3.69. The summed E-state index contributed by atoms with van der Waals surface area (Å²) in [5.74, 6) is 0. The van der Waals surface area contributed by atoms with E-state index in [9.17, 15) is 5.26 Å². The number of anilines is 1. The predicted octanol–water partition coefficient (Wildman–Crippen LogP) is 5.19. The number of aryl methyl sites for hydroxylation is 2. The molecule has 2 aromatic carbocycles. The summed E-state index contributed by atoms with van der Waals surface area (Å²) in [6.45, 7) is 2.06. The predicted molar refractivity (Wildman–Crippen MR) is 89.6 cm³/mol. The van der Waals surface area contributed by atoms with Crippen molar-refractivity contribution in [2.75, 3.05) is 5.32 Å². The zero-order valence-corrected chi connectivity index (χ0v) is 13.9. The number of hydrogen-bond donors (Lipinski definition) is 1. The van der Waals surface area contributed by atoms with Crippen molar-refractivity contribution in [1.29, 1.82) is 5.26 Å². The van der Waals surface area contributed by atoms with Gasteiger partial charge < -0.3 is 5.32 Å². The van der Waals surface area contributed by atoms with Crippen molar-refractivity contribution < 1.29 is 0 Å². The van der Waals surface area contributed by atoms with E-state index < -0.39 is 5.54 Å². The highest BCUT2D eigenvalue weighted by Gasteiger charge is 2.39. The van der Waals surface area contributed by atoms with E-state index >= 15 is 0 Å². The molecule has 2 aromatic rings. The fourth-order valence-corrected chi connectivity index (χ4v) is 3.35. The van der Waals surface area contributed by atoms with Crippen molar-refractivity contribution in [2.24, 2.45) is 0 Å². The molecule has 0 spiro atoms. The van der Waals surface area contributed by atoms with E-state index in [1.54, 1.807) is 0 Å². The largest absolute Gasteiger partial charge is 0.364 e. The lowest BCUT2D eigenvalue weighted by Gasteiger charge is -2.26. The maximum absolute atomic E-state index is 9.79. The van der Waals surface area contributed by atoms with Gasteiger partial charge in [-0.1, -0.05) is 35.4 Å². The van der Waals surface area contributed by atoms with Crippen LogP contribution in [-0.4, -0.2) is 0 Å². The number of hydrogen-bond acceptors (Lipinski definition) is 2. The van der Waals surface area contributed by atoms with Gasteiger partial charge in [0.25, 0.3) is 0 Å². The van der Waals surface area contributed by atoms with Crippen molar-refractivity contribution >= 4 is 33.2 Å². The van der Waals surface area contributed by atoms with Crippen molar-refractivity contribution in [3.05, 3.63) is 62.6 Å². The second kappa shape index (κ2) is 5.36. The summed E-state index contributed by atoms with van der Waals surface area (Å²) in [5, 5.41) is 13.9. The summed E-state index contributed by atoms with van der Waals surface area (Å²) in [7, 11) is 0. The minimum absolute atomic E-state index is 0.658. The number of halogens is 2. The molecule has 1 unspecified atom stereocenters. The molecule has 1 aliphatic rings. The van der Waals surface area contributed by atoms with Crippen LogP contribution in [0.15, 0.2) is 40.9 Å². The summed E-state index contributed by atoms with van der Waals surface area (Å²) < 4.78 is 0.824. The molecule has 2 nitrogen and oxygen atoms in total. The molecule has 0 saturated carbocycles. The molecule has 0 amide bonds. The van der Waals surface area contributed by atoms with E-state index in [0.29, 0.717) is 5.02 Å². The van der Waals surface area contributed by atoms with Crippen LogP contribution >= 0.6 is 27.5 Å². The van der Waals surface area contributed by atoms with E-state index in [2.05, 4.69) is 52.4 Å². The van der Waals surface area contributed by atoms with E-state index in [0.717, 1.165) is 28.6 Å². The summed E-state index contributed by atoms with van der Waals surface area (Å²) in [6.07, 6.45) is 1.70. The van der Waals surface area contributed by atoms with Gasteiger partial charge in [0.1, 0.15) is 0 Å². The Balaban J connectivity index is 2.02. The van der Waals surface area contributed by atoms with Gasteiger partial charge in [0.05, 0.1) is 11.1 Å². The Morgan fingerprint density at radius 3 is 2.81 bits per heavy atom. The minimum Gasteiger partial charge on any atom is -0.364 e. The van der Waals surface area contributed by atoms with E-state index in [4.69, 9.17) is 11.6 Å². The Hall–Kier alpha value is -1.50. The van der Waals surface area contributed by atoms with Gasteiger partial charge in [0.2, 0.25) is 0 Å². The van der Waals surface area contributed by atoms with Crippen molar-refractivity contribution in [2.45, 2.75) is 25.3 Å². The molecular weight excluding hydrogens is 348 g/mol. The first-order valence-electron chi connectivity index (χ1n) is 6.78. The standard InChI is InChI=1S/C17H14BrClN2/c1-11-2-3-12-6-7-17(10-20,14(12)8-11)21-13-4-5-16(19)15(18)9-13/h2-5,8-9,21H,6-7H2,1H3. The highest BCUT2D eigenvalue weighted by molar-refractivity contribution is 9.10. The average Bonchev–Trinajstić information content (AvgIpc) is 2.82. The second-order valence-electron chi connectivity index (χ2n) is 5.43. The number of fused-ring (bicyclic) bond motifs is 1. The number of nitrogens with zero attached hydrogens (tertiary/aromatic N) is 1. The van der Waals surface area contributed by atoms with Gasteiger partial charge in [0.15, 0.2) is 5.54 Å². The van der Waals surface area contributed by atoms with Gasteiger partial charge in [-0.2, -0.15) is 5.26 Å². The smallest absolute Gasteiger partial charge is 0.151 e. The Morgan fingerprint density at radius 2 is 2.10 bits per heavy atom. The van der Waals surface area contributed by atoms with Crippen LogP contribution in [0, 0.1) is 18.3 Å². The Bertz CT molecular complexity index is 751. The summed E-state index contributed by atoms with van der Waals surface area (Å²) in [5.41, 5.74) is 3.75. The minimum atomic E-state index is -0.658. The maximum Gasteiger partial charge on any atom is 0.151 e. The third kappa shape index (κ3) is 2.54. The summed E-state index contributed by atoms with van der Waals surface area (Å²) in [6, 6.07) is 14.5. The lowest BCUT2D eigenvalue weighted by Crippen LogP contribution is -2.31. The summed E-state index contributed by atoms with van der Waals surface area (Å²) >= 11 is 9.45. The maximum atomic E-state index is 9.79. The number of benzene rings is 2. The first-order valence-corrected chi connectivity index (χ1v) is 7.96. The van der Waals surface area contributed by atoms with Gasteiger partial charge >= 0.3 is 0 Å². The zero-order chi connectivity index (χ0) is 15.0. The molecule has 0 heterocycles. The first kappa shape index (κ1) is 14.4. The van der Waals surface area contributed by atoms with E-state index in [1.807, 2.05) is 18.2 Å². The lowest BCUT2D eigenvalue weighted by molar-refractivity contribution is 0.621. The quantitative estimate of drug-likeness (QED) is 0.799. The van der Waals surface area contributed by atoms with Crippen LogP contribution < -0.4 is 5.32 Å². The van der Waals surface area contributed by atoms with Crippen LogP contribution in [0.3, 0.4) is 0 Å². The van der Waals surface area contributed by atoms with Crippen LogP contribution in [0.4, 0.5) is 5.69 Å². The summed E-state index contributed by atoms with van der Waals surface area (Å²) in [4.78, 5) is 0. The monoisotopic (exact) mass is 360 g/mol. The molecule has 3 rings (SSSR count). The van der Waals surface area contributed by atoms with Crippen LogP contribution in [0.25, 0.3) is 0 Å². The normalized spacial score (nSPS) is 19.9. The molecule has 106 valence electrons. The van der Waals surface area contributed by atoms with E-state index in [-0.39, 0.29) is 0 Å². The fraction of sp³-hybridized carbons (Fsp3) is 0.235. The van der Waals surface area contributed by atoms with Crippen molar-refractivity contribution in [3.63, 3.8) is 0 Å². The molecule has 21 heavy (non-hydrogen) atoms. The Morgan fingerprint density at radius 1 is 1.29 bits per heavy atom. The molecule has 1 atom stereocenters. The second-order valence-corrected chi connectivity index (χ2v) is 6.69.